The third-order valence-corrected chi connectivity index (χ3v) is 3.90. The summed E-state index contributed by atoms with van der Waals surface area (Å²) in [5.41, 5.74) is -3.36. The van der Waals surface area contributed by atoms with Crippen LogP contribution in [0.2, 0.25) is 0 Å². The maximum Gasteiger partial charge on any atom is 0.416 e. The van der Waals surface area contributed by atoms with Gasteiger partial charge >= 0.3 is 12.4 Å². The van der Waals surface area contributed by atoms with Gasteiger partial charge in [0.25, 0.3) is 0 Å². The minimum Gasteiger partial charge on any atom is -0.209 e. The van der Waals surface area contributed by atoms with Crippen LogP contribution in [0.3, 0.4) is 0 Å². The molecule has 0 aromatic heterocycles. The first-order chi connectivity index (χ1) is 9.23. The van der Waals surface area contributed by atoms with Crippen LogP contribution in [-0.2, 0) is 22.4 Å². The highest BCUT2D eigenvalue weighted by Crippen LogP contribution is 2.37. The summed E-state index contributed by atoms with van der Waals surface area (Å²) in [4.78, 5) is -1.08. The molecule has 120 valence electrons. The van der Waals surface area contributed by atoms with Gasteiger partial charge < -0.3 is 0 Å². The predicted octanol–water partition coefficient (Wildman–Crippen LogP) is 3.41. The molecule has 0 saturated carbocycles. The van der Waals surface area contributed by atoms with E-state index in [-0.39, 0.29) is 18.2 Å². The lowest BCUT2D eigenvalue weighted by Crippen LogP contribution is -2.30. The maximum absolute atomic E-state index is 12.6. The summed E-state index contributed by atoms with van der Waals surface area (Å²) < 4.78 is 101. The van der Waals surface area contributed by atoms with Crippen molar-refractivity contribution < 1.29 is 34.8 Å². The highest BCUT2D eigenvalue weighted by Gasteiger charge is 2.38. The molecular formula is C11H11F6NO2S. The zero-order valence-electron chi connectivity index (χ0n) is 10.8. The molecule has 1 N–H and O–H groups in total. The molecule has 0 spiro atoms. The Kier molecular flexibility index (Phi) is 4.64. The fraction of sp³-hybridized carbons (Fsp3) is 0.455. The SMILES string of the molecule is CC(C)NS(=O)(=O)c1cc(C(F)(F)F)cc(C(F)(F)F)c1. The smallest absolute Gasteiger partial charge is 0.209 e. The van der Waals surface area contributed by atoms with Crippen molar-refractivity contribution >= 4 is 10.0 Å². The van der Waals surface area contributed by atoms with E-state index in [1.807, 2.05) is 4.72 Å². The van der Waals surface area contributed by atoms with Crippen LogP contribution in [0.5, 0.6) is 0 Å². The number of hydrogen-bond donors (Lipinski definition) is 1. The van der Waals surface area contributed by atoms with Crippen molar-refractivity contribution in [2.45, 2.75) is 37.1 Å². The molecule has 1 rings (SSSR count). The first-order valence-electron chi connectivity index (χ1n) is 5.55. The molecule has 1 aromatic carbocycles. The Morgan fingerprint density at radius 3 is 1.57 bits per heavy atom. The van der Waals surface area contributed by atoms with Crippen LogP contribution in [0.1, 0.15) is 25.0 Å². The molecule has 0 fully saturated rings. The molecular weight excluding hydrogens is 324 g/mol. The lowest BCUT2D eigenvalue weighted by molar-refractivity contribution is -0.143. The molecule has 3 nitrogen and oxygen atoms in total. The van der Waals surface area contributed by atoms with Gasteiger partial charge in [-0.15, -0.1) is 0 Å². The Hall–Kier alpha value is -1.29. The quantitative estimate of drug-likeness (QED) is 0.861. The lowest BCUT2D eigenvalue weighted by Gasteiger charge is -2.15. The van der Waals surface area contributed by atoms with Gasteiger partial charge in [0.15, 0.2) is 0 Å². The van der Waals surface area contributed by atoms with Crippen molar-refractivity contribution in [3.8, 4) is 0 Å². The number of nitrogens with one attached hydrogen (secondary N) is 1. The number of benzene rings is 1. The largest absolute Gasteiger partial charge is 0.416 e. The van der Waals surface area contributed by atoms with Crippen molar-refractivity contribution in [3.05, 3.63) is 29.3 Å². The van der Waals surface area contributed by atoms with Gasteiger partial charge in [-0.3, -0.25) is 0 Å². The Labute approximate surface area is 117 Å². The van der Waals surface area contributed by atoms with Crippen molar-refractivity contribution in [2.75, 3.05) is 0 Å². The maximum atomic E-state index is 12.6. The molecule has 0 aliphatic rings. The summed E-state index contributed by atoms with van der Waals surface area (Å²) in [6.45, 7) is 2.77. The van der Waals surface area contributed by atoms with Crippen LogP contribution < -0.4 is 4.72 Å². The first kappa shape index (κ1) is 17.8. The van der Waals surface area contributed by atoms with E-state index in [2.05, 4.69) is 0 Å². The minimum absolute atomic E-state index is 0.131. The topological polar surface area (TPSA) is 46.2 Å². The number of hydrogen-bond acceptors (Lipinski definition) is 2. The molecule has 0 unspecified atom stereocenters. The number of halogens is 6. The third kappa shape index (κ3) is 4.60. The molecule has 0 aliphatic carbocycles. The van der Waals surface area contributed by atoms with Crippen molar-refractivity contribution in [1.29, 1.82) is 0 Å². The van der Waals surface area contributed by atoms with Crippen LogP contribution >= 0.6 is 0 Å². The Balaban J connectivity index is 3.54. The number of alkyl halides is 6. The molecule has 0 atom stereocenters. The predicted molar refractivity (Wildman–Crippen MR) is 61.9 cm³/mol. The normalized spacial score (nSPS) is 13.8. The summed E-state index contributed by atoms with van der Waals surface area (Å²) in [6, 6.07) is -0.479. The lowest BCUT2D eigenvalue weighted by atomic mass is 10.1. The Bertz CT molecular complexity index is 586. The molecule has 0 saturated heterocycles. The molecule has 0 radical (unpaired) electrons. The second kappa shape index (κ2) is 5.48. The monoisotopic (exact) mass is 335 g/mol. The van der Waals surface area contributed by atoms with Crippen molar-refractivity contribution in [2.24, 2.45) is 0 Å². The van der Waals surface area contributed by atoms with E-state index >= 15 is 0 Å². The van der Waals surface area contributed by atoms with Gasteiger partial charge in [0.1, 0.15) is 0 Å². The average Bonchev–Trinajstić information content (AvgIpc) is 2.24. The van der Waals surface area contributed by atoms with E-state index in [9.17, 15) is 34.8 Å². The Morgan fingerprint density at radius 2 is 1.29 bits per heavy atom. The van der Waals surface area contributed by atoms with Gasteiger partial charge in [-0.2, -0.15) is 26.3 Å². The van der Waals surface area contributed by atoms with Gasteiger partial charge in [-0.25, -0.2) is 13.1 Å². The van der Waals surface area contributed by atoms with Crippen LogP contribution in [0, 0.1) is 0 Å². The van der Waals surface area contributed by atoms with Gasteiger partial charge in [0, 0.05) is 6.04 Å². The van der Waals surface area contributed by atoms with E-state index in [0.29, 0.717) is 0 Å². The molecule has 0 amide bonds. The van der Waals surface area contributed by atoms with Crippen molar-refractivity contribution in [1.82, 2.24) is 4.72 Å². The minimum atomic E-state index is -5.09. The van der Waals surface area contributed by atoms with Gasteiger partial charge in [0.2, 0.25) is 10.0 Å². The summed E-state index contributed by atoms with van der Waals surface area (Å²) in [7, 11) is -4.48. The second-order valence-corrected chi connectivity index (χ2v) is 6.23. The van der Waals surface area contributed by atoms with Crippen molar-refractivity contribution in [3.63, 3.8) is 0 Å². The van der Waals surface area contributed by atoms with Crippen LogP contribution in [0.4, 0.5) is 26.3 Å². The highest BCUT2D eigenvalue weighted by molar-refractivity contribution is 7.89. The van der Waals surface area contributed by atoms with Gasteiger partial charge in [-0.1, -0.05) is 0 Å². The fourth-order valence-electron chi connectivity index (χ4n) is 1.46. The van der Waals surface area contributed by atoms with Crippen LogP contribution in [0.15, 0.2) is 23.1 Å². The van der Waals surface area contributed by atoms with E-state index in [4.69, 9.17) is 0 Å². The molecule has 1 aromatic rings. The average molecular weight is 335 g/mol. The van der Waals surface area contributed by atoms with Crippen LogP contribution in [-0.4, -0.2) is 14.5 Å². The molecule has 0 heterocycles. The number of sulfonamides is 1. The van der Waals surface area contributed by atoms with E-state index in [1.54, 1.807) is 0 Å². The summed E-state index contributed by atoms with van der Waals surface area (Å²) in [5.74, 6) is 0. The van der Waals surface area contributed by atoms with Gasteiger partial charge in [-0.05, 0) is 32.0 Å². The van der Waals surface area contributed by atoms with Gasteiger partial charge in [0.05, 0.1) is 16.0 Å². The molecule has 0 aliphatic heterocycles. The standard InChI is InChI=1S/C11H11F6NO2S/c1-6(2)18-21(19,20)9-4-7(10(12,13)14)3-8(5-9)11(15,16)17/h3-6,18H,1-2H3. The summed E-state index contributed by atoms with van der Waals surface area (Å²) in [5, 5.41) is 0. The highest BCUT2D eigenvalue weighted by atomic mass is 32.2. The van der Waals surface area contributed by atoms with E-state index in [0.717, 1.165) is 0 Å². The molecule has 10 heteroatoms. The zero-order valence-corrected chi connectivity index (χ0v) is 11.6. The van der Waals surface area contributed by atoms with E-state index in [1.165, 1.54) is 13.8 Å². The molecule has 0 bridgehead atoms. The second-order valence-electron chi connectivity index (χ2n) is 4.52. The number of rotatable bonds is 3. The fourth-order valence-corrected chi connectivity index (χ4v) is 2.78. The van der Waals surface area contributed by atoms with Crippen LogP contribution in [0.25, 0.3) is 0 Å². The molecule has 21 heavy (non-hydrogen) atoms. The third-order valence-electron chi connectivity index (χ3n) is 2.26. The summed E-state index contributed by atoms with van der Waals surface area (Å²) in [6.07, 6.45) is -10.2. The van der Waals surface area contributed by atoms with E-state index < -0.39 is 44.4 Å². The Morgan fingerprint density at radius 1 is 0.905 bits per heavy atom. The summed E-state index contributed by atoms with van der Waals surface area (Å²) >= 11 is 0. The first-order valence-corrected chi connectivity index (χ1v) is 7.03. The zero-order chi connectivity index (χ0) is 16.6.